The minimum atomic E-state index is -0.312. The van der Waals surface area contributed by atoms with Crippen molar-refractivity contribution < 1.29 is 19.1 Å². The highest BCUT2D eigenvalue weighted by Gasteiger charge is 2.25. The van der Waals surface area contributed by atoms with Crippen LogP contribution in [0.2, 0.25) is 5.02 Å². The molecule has 0 atom stereocenters. The van der Waals surface area contributed by atoms with Gasteiger partial charge in [-0.1, -0.05) is 186 Å². The van der Waals surface area contributed by atoms with Crippen molar-refractivity contribution in [3.63, 3.8) is 0 Å². The number of nitrogens with zero attached hydrogens (tertiary/aromatic N) is 17. The number of piperazine rings is 8. The van der Waals surface area contributed by atoms with Gasteiger partial charge in [0.2, 0.25) is 0 Å². The summed E-state index contributed by atoms with van der Waals surface area (Å²) in [6, 6.07) is 68.0. The number of halogens is 1. The first-order valence-electron chi connectivity index (χ1n) is 43.9. The number of rotatable bonds is 15. The normalized spacial score (nSPS) is 17.0. The molecule has 8 aromatic rings. The Bertz CT molecular complexity index is 4040. The van der Waals surface area contributed by atoms with Gasteiger partial charge in [-0.3, -0.25) is 10.1 Å². The predicted molar refractivity (Wildman–Crippen MR) is 556 cm³/mol. The molecule has 8 aliphatic rings. The highest BCUT2D eigenvalue weighted by Crippen LogP contribution is 2.34. The molecule has 22 nitrogen and oxygen atoms in total. The van der Waals surface area contributed by atoms with Crippen molar-refractivity contribution in [2.45, 2.75) is 99.1 Å². The summed E-state index contributed by atoms with van der Waals surface area (Å²) < 4.78 is 16.9. The molecule has 0 N–H and O–H groups in total. The van der Waals surface area contributed by atoms with Gasteiger partial charge in [0.1, 0.15) is 22.9 Å². The van der Waals surface area contributed by atoms with Crippen molar-refractivity contribution in [2.24, 2.45) is 0 Å². The lowest BCUT2D eigenvalue weighted by molar-refractivity contribution is -0.384. The second-order valence-corrected chi connectivity index (χ2v) is 33.2. The van der Waals surface area contributed by atoms with E-state index in [1.807, 2.05) is 61.5 Å². The number of aryl methyl sites for hydroxylation is 2. The van der Waals surface area contributed by atoms with Gasteiger partial charge in [-0.25, -0.2) is 0 Å². The van der Waals surface area contributed by atoms with E-state index in [4.69, 9.17) is 25.8 Å². The van der Waals surface area contributed by atoms with Crippen molar-refractivity contribution in [2.75, 3.05) is 319 Å². The van der Waals surface area contributed by atoms with Crippen LogP contribution in [0.4, 0.5) is 51.2 Å². The van der Waals surface area contributed by atoms with Gasteiger partial charge in [0, 0.05) is 233 Å². The third kappa shape index (κ3) is 37.5. The molecule has 0 radical (unpaired) electrons. The Morgan fingerprint density at radius 1 is 0.315 bits per heavy atom. The van der Waals surface area contributed by atoms with E-state index in [-0.39, 0.29) is 68.7 Å². The van der Waals surface area contributed by atoms with E-state index in [9.17, 15) is 10.1 Å². The van der Waals surface area contributed by atoms with Crippen LogP contribution >= 0.6 is 11.6 Å². The summed E-state index contributed by atoms with van der Waals surface area (Å²) in [6.45, 7) is 46.5. The van der Waals surface area contributed by atoms with Crippen molar-refractivity contribution in [1.82, 2.24) is 39.2 Å². The van der Waals surface area contributed by atoms with Crippen molar-refractivity contribution in [1.29, 1.82) is 0 Å². The number of methoxy groups -OCH3 is 1. The standard InChI is InChI=1S/C14H22N2O.C13H20N2O.C13H20N2.C12H18N2O.C12H18N2.C11H15ClN2.C11H15N3O2.C11H16N2.7CH4/c1-12(2)17-14-7-5-4-6-13(14)16-10-8-15(3)9-11-16;1-3-16-13-7-5-4-6-12(13)15-10-8-14(2)9-11-15;1-3-12-6-4-5-7-13(12)15-10-8-14(2)9-11-15;1-13-7-9-14(10-8-13)11-5-3-4-6-12(11)15-2;1-11-5-3-4-6-12(11)14-9-7-13(2)8-10-14;1-13-6-8-14(9-7-13)11-5-3-2-4-10(11)12;1-12-6-8-13(9-7-12)10-4-2-3-5-11(10)14(15)16;1-12-7-9-13(10-8-12)11-5-3-2-4-6-11;;;;;;;/h4-7,12H,8-11H2,1-3H3;4-7H,3,8-11H2,1-2H3;4-7H,3,8-11H2,1-2H3;3-6H,7-10H2,1-2H3;3-6H,7-10H2,1-2H3;2-5H,6-9H2,1H3;2-5H,6-9H2,1H3;2-6H,7-10H2,1H3;7*1H4. The van der Waals surface area contributed by atoms with E-state index in [2.05, 4.69) is 296 Å². The maximum atomic E-state index is 10.9. The summed E-state index contributed by atoms with van der Waals surface area (Å²) in [5.41, 5.74) is 12.8. The molecular weight excluding hydrogens is 1600 g/mol. The Kier molecular flexibility index (Phi) is 55.2. The Labute approximate surface area is 778 Å². The fourth-order valence-corrected chi connectivity index (χ4v) is 15.9. The Hall–Kier alpha value is -9.07. The van der Waals surface area contributed by atoms with Gasteiger partial charge in [-0.05, 0) is 180 Å². The van der Waals surface area contributed by atoms with Gasteiger partial charge in [-0.2, -0.15) is 0 Å². The molecular formula is C104H172ClN17O5. The summed E-state index contributed by atoms with van der Waals surface area (Å²) in [5, 5.41) is 11.8. The Morgan fingerprint density at radius 2 is 0.583 bits per heavy atom. The number of nitro benzene ring substituents is 1. The summed E-state index contributed by atoms with van der Waals surface area (Å²) in [7, 11) is 19.0. The Balaban J connectivity index is 0.000000488. The van der Waals surface area contributed by atoms with Crippen LogP contribution in [0.1, 0.15) is 90.8 Å². The average molecular weight is 1780 g/mol. The number of para-hydroxylation sites is 12. The topological polar surface area (TPSA) is 123 Å². The lowest BCUT2D eigenvalue weighted by Gasteiger charge is -2.35. The maximum Gasteiger partial charge on any atom is 0.292 e. The molecule has 8 fully saturated rings. The molecule has 0 bridgehead atoms. The molecule has 0 unspecified atom stereocenters. The van der Waals surface area contributed by atoms with Gasteiger partial charge >= 0.3 is 0 Å². The summed E-state index contributed by atoms with van der Waals surface area (Å²) >= 11 is 6.14. The van der Waals surface area contributed by atoms with Gasteiger partial charge in [0.25, 0.3) is 5.69 Å². The quantitative estimate of drug-likeness (QED) is 0.0714. The lowest BCUT2D eigenvalue weighted by Crippen LogP contribution is -2.44. The monoisotopic (exact) mass is 1770 g/mol. The summed E-state index contributed by atoms with van der Waals surface area (Å²) in [6.07, 6.45) is 1.35. The summed E-state index contributed by atoms with van der Waals surface area (Å²) in [5.74, 6) is 2.99. The van der Waals surface area contributed by atoms with Crippen molar-refractivity contribution in [3.05, 3.63) is 226 Å². The van der Waals surface area contributed by atoms with Crippen LogP contribution < -0.4 is 53.4 Å². The average Bonchev–Trinajstić information content (AvgIpc) is 0.851. The first-order chi connectivity index (χ1) is 58.2. The smallest absolute Gasteiger partial charge is 0.292 e. The predicted octanol–water partition coefficient (Wildman–Crippen LogP) is 18.6. The maximum absolute atomic E-state index is 10.9. The van der Waals surface area contributed by atoms with Gasteiger partial charge in [-0.15, -0.1) is 0 Å². The number of hydrogen-bond donors (Lipinski definition) is 0. The second kappa shape index (κ2) is 61.4. The van der Waals surface area contributed by atoms with E-state index in [1.54, 1.807) is 19.2 Å². The SMILES string of the molecule is C.C.C.C.C.C.C.CC(C)Oc1ccccc1N1CCN(C)CC1.CCOc1ccccc1N1CCN(C)CC1.CCc1ccccc1N1CCN(C)CC1.CN1CCN(c2ccccc2)CC1.CN1CCN(c2ccccc2Cl)CC1.CN1CCN(c2ccccc2[N+](=O)[O-])CC1.COc1ccccc1N1CCN(C)CC1.Cc1ccccc1N1CCN(C)CC1. The van der Waals surface area contributed by atoms with E-state index < -0.39 is 0 Å². The number of nitro groups is 1. The fourth-order valence-electron chi connectivity index (χ4n) is 15.6. The molecule has 8 heterocycles. The molecule has 0 saturated carbocycles. The number of anilines is 8. The summed E-state index contributed by atoms with van der Waals surface area (Å²) in [4.78, 5) is 48.5. The largest absolute Gasteiger partial charge is 0.495 e. The van der Waals surface area contributed by atoms with Crippen LogP contribution in [0.3, 0.4) is 0 Å². The zero-order valence-electron chi connectivity index (χ0n) is 75.2. The number of ether oxygens (including phenoxy) is 3. The van der Waals surface area contributed by atoms with Crippen LogP contribution in [0.15, 0.2) is 200 Å². The van der Waals surface area contributed by atoms with E-state index in [0.717, 1.165) is 211 Å². The van der Waals surface area contributed by atoms with E-state index >= 15 is 0 Å². The second-order valence-electron chi connectivity index (χ2n) is 32.8. The van der Waals surface area contributed by atoms with Crippen molar-refractivity contribution >= 4 is 62.8 Å². The van der Waals surface area contributed by atoms with Crippen LogP contribution in [0, 0.1) is 17.0 Å². The molecule has 710 valence electrons. The molecule has 0 amide bonds. The van der Waals surface area contributed by atoms with Crippen molar-refractivity contribution in [3.8, 4) is 17.2 Å². The van der Waals surface area contributed by atoms with Crippen LogP contribution in [-0.2, 0) is 6.42 Å². The van der Waals surface area contributed by atoms with Gasteiger partial charge in [0.05, 0.1) is 52.5 Å². The zero-order valence-corrected chi connectivity index (χ0v) is 75.9. The number of hydrogen-bond acceptors (Lipinski definition) is 21. The molecule has 0 aliphatic carbocycles. The lowest BCUT2D eigenvalue weighted by atomic mass is 10.1. The van der Waals surface area contributed by atoms with Gasteiger partial charge in [0.15, 0.2) is 0 Å². The van der Waals surface area contributed by atoms with Crippen LogP contribution in [-0.4, -0.2) is 330 Å². The highest BCUT2D eigenvalue weighted by molar-refractivity contribution is 6.33. The third-order valence-electron chi connectivity index (χ3n) is 23.4. The van der Waals surface area contributed by atoms with E-state index in [1.165, 1.54) is 90.2 Å². The van der Waals surface area contributed by atoms with Crippen LogP contribution in [0.5, 0.6) is 17.2 Å². The molecule has 8 aliphatic heterocycles. The molecule has 0 spiro atoms. The molecule has 0 aromatic heterocycles. The van der Waals surface area contributed by atoms with Crippen LogP contribution in [0.25, 0.3) is 0 Å². The number of benzene rings is 8. The first-order valence-corrected chi connectivity index (χ1v) is 44.3. The number of likely N-dealkylation sites (N-methyl/N-ethyl adjacent to an activating group) is 8. The minimum absolute atomic E-state index is 0. The molecule has 8 aromatic carbocycles. The minimum Gasteiger partial charge on any atom is -0.495 e. The third-order valence-corrected chi connectivity index (χ3v) is 23.7. The van der Waals surface area contributed by atoms with E-state index in [0.29, 0.717) is 0 Å². The highest BCUT2D eigenvalue weighted by atomic mass is 35.5. The molecule has 127 heavy (non-hydrogen) atoms. The molecule has 8 saturated heterocycles. The first kappa shape index (κ1) is 114. The van der Waals surface area contributed by atoms with Gasteiger partial charge < -0.3 is 92.6 Å². The fraction of sp³-hybridized carbons (Fsp3) is 0.538. The Morgan fingerprint density at radius 3 is 0.945 bits per heavy atom. The molecule has 16 rings (SSSR count). The zero-order chi connectivity index (χ0) is 85.6. The molecule has 23 heteroatoms.